The number of amides is 1. The van der Waals surface area contributed by atoms with Crippen molar-refractivity contribution in [2.24, 2.45) is 5.92 Å². The van der Waals surface area contributed by atoms with Crippen molar-refractivity contribution in [3.05, 3.63) is 33.3 Å². The van der Waals surface area contributed by atoms with Crippen LogP contribution in [0.5, 0.6) is 0 Å². The van der Waals surface area contributed by atoms with Gasteiger partial charge in [-0.2, -0.15) is 0 Å². The van der Waals surface area contributed by atoms with Gasteiger partial charge in [0.1, 0.15) is 0 Å². The molecule has 1 atom stereocenters. The van der Waals surface area contributed by atoms with E-state index >= 15 is 0 Å². The van der Waals surface area contributed by atoms with E-state index in [1.807, 2.05) is 20.8 Å². The van der Waals surface area contributed by atoms with Gasteiger partial charge < -0.3 is 10.1 Å². The molecule has 0 aliphatic heterocycles. The molecule has 1 aromatic rings. The third-order valence-electron chi connectivity index (χ3n) is 2.87. The van der Waals surface area contributed by atoms with E-state index in [0.29, 0.717) is 10.4 Å². The number of carbonyl (C=O) groups excluding carboxylic acids is 2. The molecule has 0 aliphatic rings. The first kappa shape index (κ1) is 17.0. The Labute approximate surface area is 132 Å². The van der Waals surface area contributed by atoms with Crippen LogP contribution in [0, 0.1) is 5.92 Å². The predicted octanol–water partition coefficient (Wildman–Crippen LogP) is 3.42. The minimum atomic E-state index is -0.622. The van der Waals surface area contributed by atoms with Crippen LogP contribution >= 0.6 is 27.5 Å². The summed E-state index contributed by atoms with van der Waals surface area (Å²) in [4.78, 5) is 23.4. The normalized spacial score (nSPS) is 12.1. The second-order valence-electron chi connectivity index (χ2n) is 4.80. The molecule has 1 aromatic carbocycles. The van der Waals surface area contributed by atoms with Crippen LogP contribution in [0.2, 0.25) is 5.02 Å². The smallest absolute Gasteiger partial charge is 0.340 e. The molecule has 0 radical (unpaired) electrons. The lowest BCUT2D eigenvalue weighted by atomic mass is 10.1. The van der Waals surface area contributed by atoms with Gasteiger partial charge in [0.25, 0.3) is 5.91 Å². The summed E-state index contributed by atoms with van der Waals surface area (Å²) in [6.45, 7) is 5.57. The fourth-order valence-corrected chi connectivity index (χ4v) is 1.88. The summed E-state index contributed by atoms with van der Waals surface area (Å²) in [7, 11) is 0. The standard InChI is InChI=1S/C14H17BrClNO3/c1-8(2)9(3)17-13(18)7-20-14(19)11-6-10(15)4-5-12(11)16/h4-6,8-9H,7H2,1-3H3,(H,17,18)/t9-/m1/s1. The highest BCUT2D eigenvalue weighted by Gasteiger charge is 2.16. The van der Waals surface area contributed by atoms with E-state index in [9.17, 15) is 9.59 Å². The van der Waals surface area contributed by atoms with Crippen molar-refractivity contribution < 1.29 is 14.3 Å². The lowest BCUT2D eigenvalue weighted by molar-refractivity contribution is -0.125. The fourth-order valence-electron chi connectivity index (χ4n) is 1.33. The van der Waals surface area contributed by atoms with Gasteiger partial charge >= 0.3 is 5.97 Å². The molecular formula is C14H17BrClNO3. The van der Waals surface area contributed by atoms with E-state index < -0.39 is 5.97 Å². The van der Waals surface area contributed by atoms with Gasteiger partial charge in [-0.25, -0.2) is 4.79 Å². The van der Waals surface area contributed by atoms with Crippen LogP contribution in [-0.4, -0.2) is 24.5 Å². The van der Waals surface area contributed by atoms with E-state index in [2.05, 4.69) is 21.2 Å². The highest BCUT2D eigenvalue weighted by molar-refractivity contribution is 9.10. The van der Waals surface area contributed by atoms with E-state index in [-0.39, 0.29) is 29.1 Å². The summed E-state index contributed by atoms with van der Waals surface area (Å²) in [5.74, 6) is -0.636. The van der Waals surface area contributed by atoms with E-state index in [0.717, 1.165) is 0 Å². The van der Waals surface area contributed by atoms with Crippen molar-refractivity contribution in [2.75, 3.05) is 6.61 Å². The minimum Gasteiger partial charge on any atom is -0.452 e. The summed E-state index contributed by atoms with van der Waals surface area (Å²) >= 11 is 9.16. The van der Waals surface area contributed by atoms with Crippen molar-refractivity contribution >= 4 is 39.4 Å². The Morgan fingerprint density at radius 2 is 2.00 bits per heavy atom. The molecule has 1 N–H and O–H groups in total. The SMILES string of the molecule is CC(C)[C@@H](C)NC(=O)COC(=O)c1cc(Br)ccc1Cl. The summed E-state index contributed by atoms with van der Waals surface area (Å²) in [5, 5.41) is 3.04. The van der Waals surface area contributed by atoms with Crippen molar-refractivity contribution in [3.8, 4) is 0 Å². The highest BCUT2D eigenvalue weighted by Crippen LogP contribution is 2.21. The zero-order valence-corrected chi connectivity index (χ0v) is 13.9. The van der Waals surface area contributed by atoms with Gasteiger partial charge in [0, 0.05) is 10.5 Å². The topological polar surface area (TPSA) is 55.4 Å². The van der Waals surface area contributed by atoms with E-state index in [1.54, 1.807) is 18.2 Å². The molecule has 0 fully saturated rings. The Morgan fingerprint density at radius 1 is 1.35 bits per heavy atom. The quantitative estimate of drug-likeness (QED) is 0.817. The number of nitrogens with one attached hydrogen (secondary N) is 1. The first-order chi connectivity index (χ1) is 9.31. The van der Waals surface area contributed by atoms with Crippen LogP contribution in [-0.2, 0) is 9.53 Å². The molecule has 0 spiro atoms. The van der Waals surface area contributed by atoms with Crippen molar-refractivity contribution in [1.29, 1.82) is 0 Å². The lowest BCUT2D eigenvalue weighted by Gasteiger charge is -2.17. The van der Waals surface area contributed by atoms with Gasteiger partial charge in [-0.15, -0.1) is 0 Å². The molecule has 20 heavy (non-hydrogen) atoms. The van der Waals surface area contributed by atoms with Crippen molar-refractivity contribution in [1.82, 2.24) is 5.32 Å². The Kier molecular flexibility index (Phi) is 6.49. The number of ether oxygens (including phenoxy) is 1. The summed E-state index contributed by atoms with van der Waals surface area (Å²) in [6.07, 6.45) is 0. The predicted molar refractivity (Wildman–Crippen MR) is 81.9 cm³/mol. The largest absolute Gasteiger partial charge is 0.452 e. The maximum absolute atomic E-state index is 11.8. The molecule has 1 rings (SSSR count). The second kappa shape index (κ2) is 7.64. The van der Waals surface area contributed by atoms with Crippen LogP contribution in [0.3, 0.4) is 0 Å². The number of esters is 1. The van der Waals surface area contributed by atoms with Crippen LogP contribution < -0.4 is 5.32 Å². The third kappa shape index (κ3) is 5.13. The first-order valence-corrected chi connectivity index (χ1v) is 7.40. The Bertz CT molecular complexity index is 505. The van der Waals surface area contributed by atoms with E-state index in [4.69, 9.17) is 16.3 Å². The maximum Gasteiger partial charge on any atom is 0.340 e. The first-order valence-electron chi connectivity index (χ1n) is 6.22. The van der Waals surface area contributed by atoms with Crippen molar-refractivity contribution in [2.45, 2.75) is 26.8 Å². The van der Waals surface area contributed by atoms with Gasteiger partial charge in [-0.1, -0.05) is 41.4 Å². The number of hydrogen-bond acceptors (Lipinski definition) is 3. The van der Waals surface area contributed by atoms with Crippen LogP contribution in [0.15, 0.2) is 22.7 Å². The second-order valence-corrected chi connectivity index (χ2v) is 6.12. The monoisotopic (exact) mass is 361 g/mol. The third-order valence-corrected chi connectivity index (χ3v) is 3.69. The zero-order chi connectivity index (χ0) is 15.3. The number of halogens is 2. The molecule has 0 unspecified atom stereocenters. The van der Waals surface area contributed by atoms with Gasteiger partial charge in [0.2, 0.25) is 0 Å². The highest BCUT2D eigenvalue weighted by atomic mass is 79.9. The van der Waals surface area contributed by atoms with Crippen LogP contribution in [0.4, 0.5) is 0 Å². The molecule has 110 valence electrons. The average molecular weight is 363 g/mol. The molecule has 0 aliphatic carbocycles. The van der Waals surface area contributed by atoms with E-state index in [1.165, 1.54) is 0 Å². The van der Waals surface area contributed by atoms with Crippen LogP contribution in [0.1, 0.15) is 31.1 Å². The summed E-state index contributed by atoms with van der Waals surface area (Å²) in [6, 6.07) is 4.88. The Balaban J connectivity index is 2.55. The van der Waals surface area contributed by atoms with Crippen molar-refractivity contribution in [3.63, 3.8) is 0 Å². The lowest BCUT2D eigenvalue weighted by Crippen LogP contribution is -2.38. The molecule has 1 amide bonds. The Hall–Kier alpha value is -1.07. The zero-order valence-electron chi connectivity index (χ0n) is 11.6. The number of benzene rings is 1. The van der Waals surface area contributed by atoms with Crippen LogP contribution in [0.25, 0.3) is 0 Å². The average Bonchev–Trinajstić information content (AvgIpc) is 2.38. The number of carbonyl (C=O) groups is 2. The van der Waals surface area contributed by atoms with Gasteiger partial charge in [0.05, 0.1) is 10.6 Å². The molecule has 0 heterocycles. The Morgan fingerprint density at radius 3 is 2.60 bits per heavy atom. The summed E-state index contributed by atoms with van der Waals surface area (Å²) in [5.41, 5.74) is 0.228. The number of rotatable bonds is 5. The molecular weight excluding hydrogens is 346 g/mol. The fraction of sp³-hybridized carbons (Fsp3) is 0.429. The molecule has 0 saturated carbocycles. The maximum atomic E-state index is 11.8. The van der Waals surface area contributed by atoms with Gasteiger partial charge in [0.15, 0.2) is 6.61 Å². The molecule has 0 aromatic heterocycles. The molecule has 6 heteroatoms. The molecule has 4 nitrogen and oxygen atoms in total. The molecule has 0 saturated heterocycles. The van der Waals surface area contributed by atoms with Gasteiger partial charge in [-0.05, 0) is 31.0 Å². The minimum absolute atomic E-state index is 0.0238. The summed E-state index contributed by atoms with van der Waals surface area (Å²) < 4.78 is 5.66. The molecule has 0 bridgehead atoms. The van der Waals surface area contributed by atoms with Gasteiger partial charge in [-0.3, -0.25) is 4.79 Å². The number of hydrogen-bond donors (Lipinski definition) is 1.